The number of urea groups is 1. The molecule has 3 rings (SSSR count). The molecular formula is C21H20N2O9. The zero-order valence-corrected chi connectivity index (χ0v) is 17.4. The van der Waals surface area contributed by atoms with Crippen molar-refractivity contribution in [2.24, 2.45) is 0 Å². The Hall–Kier alpha value is -4.28. The van der Waals surface area contributed by atoms with Crippen molar-refractivity contribution in [2.45, 2.75) is 19.6 Å². The minimum atomic E-state index is -1.13. The summed E-state index contributed by atoms with van der Waals surface area (Å²) in [6.45, 7) is 1.20. The third-order valence-corrected chi connectivity index (χ3v) is 4.47. The monoisotopic (exact) mass is 444 g/mol. The SMILES string of the molecule is COC(=O)c1ccc(CN2C(=O)N/C(=C\c3ccc(O[C@@H](C)C(=O)O)c(OC)c3)C2=O)o1. The second kappa shape index (κ2) is 9.25. The molecule has 1 atom stereocenters. The lowest BCUT2D eigenvalue weighted by Gasteiger charge is -2.14. The number of carboxylic acid groups (broad SMARTS) is 1. The molecule has 1 saturated heterocycles. The minimum Gasteiger partial charge on any atom is -0.493 e. The molecule has 1 aliphatic rings. The number of hydrogen-bond acceptors (Lipinski definition) is 8. The van der Waals surface area contributed by atoms with Crippen molar-refractivity contribution in [2.75, 3.05) is 14.2 Å². The van der Waals surface area contributed by atoms with Crippen LogP contribution in [0.5, 0.6) is 11.5 Å². The summed E-state index contributed by atoms with van der Waals surface area (Å²) in [5, 5.41) is 11.5. The molecule has 0 saturated carbocycles. The van der Waals surface area contributed by atoms with Gasteiger partial charge in [0.25, 0.3) is 5.91 Å². The molecule has 2 aromatic rings. The Kier molecular flexibility index (Phi) is 6.47. The number of imide groups is 1. The molecule has 1 aliphatic heterocycles. The number of amides is 3. The predicted octanol–water partition coefficient (Wildman–Crippen LogP) is 2.02. The molecule has 2 heterocycles. The highest BCUT2D eigenvalue weighted by Crippen LogP contribution is 2.30. The van der Waals surface area contributed by atoms with Gasteiger partial charge < -0.3 is 29.1 Å². The summed E-state index contributed by atoms with van der Waals surface area (Å²) < 4.78 is 20.4. The average Bonchev–Trinajstić information content (AvgIpc) is 3.34. The molecule has 168 valence electrons. The molecule has 0 radical (unpaired) electrons. The summed E-state index contributed by atoms with van der Waals surface area (Å²) in [5.41, 5.74) is 0.526. The summed E-state index contributed by atoms with van der Waals surface area (Å²) in [7, 11) is 2.60. The summed E-state index contributed by atoms with van der Waals surface area (Å²) in [5.74, 6) is -1.74. The number of aliphatic carboxylic acids is 1. The fraction of sp³-hybridized carbons (Fsp3) is 0.238. The van der Waals surface area contributed by atoms with Crippen LogP contribution < -0.4 is 14.8 Å². The first kappa shape index (κ1) is 22.4. The number of benzene rings is 1. The van der Waals surface area contributed by atoms with E-state index in [2.05, 4.69) is 10.1 Å². The first-order valence-electron chi connectivity index (χ1n) is 9.32. The van der Waals surface area contributed by atoms with E-state index < -0.39 is 30.0 Å². The zero-order valence-electron chi connectivity index (χ0n) is 17.4. The van der Waals surface area contributed by atoms with Crippen LogP contribution in [0, 0.1) is 0 Å². The van der Waals surface area contributed by atoms with Crippen LogP contribution in [-0.4, -0.2) is 54.2 Å². The predicted molar refractivity (Wildman–Crippen MR) is 108 cm³/mol. The Labute approximate surface area is 182 Å². The highest BCUT2D eigenvalue weighted by Gasteiger charge is 2.34. The van der Waals surface area contributed by atoms with E-state index in [4.69, 9.17) is 19.0 Å². The van der Waals surface area contributed by atoms with Gasteiger partial charge in [0.05, 0.1) is 20.8 Å². The van der Waals surface area contributed by atoms with Gasteiger partial charge in [0.2, 0.25) is 5.76 Å². The standard InChI is InChI=1S/C21H20N2O9/c1-11(19(25)26)31-15-6-4-12(9-17(15)29-2)8-14-18(24)23(21(28)22-14)10-13-5-7-16(32-13)20(27)30-3/h4-9,11H,10H2,1-3H3,(H,22,28)(H,25,26)/b14-8-/t11-/m0/s1. The van der Waals surface area contributed by atoms with Gasteiger partial charge in [0, 0.05) is 0 Å². The molecular weight excluding hydrogens is 424 g/mol. The van der Waals surface area contributed by atoms with Crippen molar-refractivity contribution in [3.63, 3.8) is 0 Å². The summed E-state index contributed by atoms with van der Waals surface area (Å²) >= 11 is 0. The van der Waals surface area contributed by atoms with E-state index in [0.29, 0.717) is 5.56 Å². The van der Waals surface area contributed by atoms with Crippen LogP contribution in [0.3, 0.4) is 0 Å². The molecule has 0 spiro atoms. The van der Waals surface area contributed by atoms with E-state index in [1.54, 1.807) is 6.07 Å². The number of methoxy groups -OCH3 is 2. The third-order valence-electron chi connectivity index (χ3n) is 4.47. The number of ether oxygens (including phenoxy) is 3. The molecule has 1 aromatic carbocycles. The van der Waals surface area contributed by atoms with E-state index in [-0.39, 0.29) is 35.3 Å². The lowest BCUT2D eigenvalue weighted by atomic mass is 10.1. The molecule has 0 unspecified atom stereocenters. The molecule has 1 fully saturated rings. The summed E-state index contributed by atoms with van der Waals surface area (Å²) in [6.07, 6.45) is 0.355. The average molecular weight is 444 g/mol. The molecule has 32 heavy (non-hydrogen) atoms. The van der Waals surface area contributed by atoms with E-state index >= 15 is 0 Å². The summed E-state index contributed by atoms with van der Waals surface area (Å²) in [4.78, 5) is 48.4. The number of nitrogens with zero attached hydrogens (tertiary/aromatic N) is 1. The van der Waals surface area contributed by atoms with E-state index in [9.17, 15) is 19.2 Å². The second-order valence-electron chi connectivity index (χ2n) is 6.65. The van der Waals surface area contributed by atoms with Crippen molar-refractivity contribution < 1.29 is 42.9 Å². The van der Waals surface area contributed by atoms with Crippen LogP contribution in [0.15, 0.2) is 40.4 Å². The number of carboxylic acids is 1. The van der Waals surface area contributed by atoms with E-state index in [0.717, 1.165) is 4.90 Å². The van der Waals surface area contributed by atoms with Gasteiger partial charge in [-0.3, -0.25) is 9.69 Å². The lowest BCUT2D eigenvalue weighted by molar-refractivity contribution is -0.144. The first-order chi connectivity index (χ1) is 15.2. The largest absolute Gasteiger partial charge is 0.493 e. The van der Waals surface area contributed by atoms with Crippen LogP contribution in [0.1, 0.15) is 28.8 Å². The van der Waals surface area contributed by atoms with Crippen molar-refractivity contribution in [1.29, 1.82) is 0 Å². The quantitative estimate of drug-likeness (QED) is 0.355. The van der Waals surface area contributed by atoms with Crippen molar-refractivity contribution in [3.8, 4) is 11.5 Å². The topological polar surface area (TPSA) is 145 Å². The molecule has 11 nitrogen and oxygen atoms in total. The maximum Gasteiger partial charge on any atom is 0.373 e. The van der Waals surface area contributed by atoms with E-state index in [1.807, 2.05) is 0 Å². The highest BCUT2D eigenvalue weighted by atomic mass is 16.5. The Morgan fingerprint density at radius 3 is 2.59 bits per heavy atom. The number of carbonyl (C=O) groups excluding carboxylic acids is 3. The maximum absolute atomic E-state index is 12.7. The normalized spacial score (nSPS) is 15.5. The first-order valence-corrected chi connectivity index (χ1v) is 9.32. The zero-order chi connectivity index (χ0) is 23.4. The Morgan fingerprint density at radius 1 is 1.19 bits per heavy atom. The van der Waals surface area contributed by atoms with Crippen molar-refractivity contribution >= 4 is 30.0 Å². The van der Waals surface area contributed by atoms with Gasteiger partial charge in [-0.25, -0.2) is 14.4 Å². The minimum absolute atomic E-state index is 0.0179. The van der Waals surface area contributed by atoms with Crippen molar-refractivity contribution in [3.05, 3.63) is 53.1 Å². The molecule has 11 heteroatoms. The van der Waals surface area contributed by atoms with Gasteiger partial charge in [-0.1, -0.05) is 6.07 Å². The van der Waals surface area contributed by atoms with Gasteiger partial charge in [-0.15, -0.1) is 0 Å². The van der Waals surface area contributed by atoms with Crippen molar-refractivity contribution in [1.82, 2.24) is 10.2 Å². The third kappa shape index (κ3) is 4.72. The van der Waals surface area contributed by atoms with Gasteiger partial charge in [0.15, 0.2) is 17.6 Å². The molecule has 0 bridgehead atoms. The number of rotatable bonds is 8. The smallest absolute Gasteiger partial charge is 0.373 e. The maximum atomic E-state index is 12.7. The second-order valence-corrected chi connectivity index (χ2v) is 6.65. The van der Waals surface area contributed by atoms with Crippen LogP contribution in [0.25, 0.3) is 6.08 Å². The van der Waals surface area contributed by atoms with Crippen LogP contribution in [0.4, 0.5) is 4.79 Å². The van der Waals surface area contributed by atoms with Gasteiger partial charge >= 0.3 is 18.0 Å². The van der Waals surface area contributed by atoms with E-state index in [1.165, 1.54) is 51.5 Å². The van der Waals surface area contributed by atoms with Gasteiger partial charge in [-0.2, -0.15) is 0 Å². The Bertz CT molecular complexity index is 1100. The fourth-order valence-electron chi connectivity index (χ4n) is 2.82. The molecule has 1 aromatic heterocycles. The Balaban J connectivity index is 1.77. The molecule has 2 N–H and O–H groups in total. The van der Waals surface area contributed by atoms with Gasteiger partial charge in [0.1, 0.15) is 11.5 Å². The van der Waals surface area contributed by atoms with Gasteiger partial charge in [-0.05, 0) is 42.8 Å². The van der Waals surface area contributed by atoms with Crippen LogP contribution in [-0.2, 0) is 20.9 Å². The molecule has 0 aliphatic carbocycles. The summed E-state index contributed by atoms with van der Waals surface area (Å²) in [6, 6.07) is 6.82. The number of hydrogen-bond donors (Lipinski definition) is 2. The Morgan fingerprint density at radius 2 is 1.94 bits per heavy atom. The highest BCUT2D eigenvalue weighted by molar-refractivity contribution is 6.13. The number of furan rings is 1. The van der Waals surface area contributed by atoms with Crippen LogP contribution in [0.2, 0.25) is 0 Å². The number of esters is 1. The lowest BCUT2D eigenvalue weighted by Crippen LogP contribution is -2.30. The van der Waals surface area contributed by atoms with Crippen LogP contribution >= 0.6 is 0 Å². The number of nitrogens with one attached hydrogen (secondary N) is 1. The molecule has 3 amide bonds. The number of carbonyl (C=O) groups is 4. The fourth-order valence-corrected chi connectivity index (χ4v) is 2.82.